The largest absolute Gasteiger partial charge is 0.477 e. The summed E-state index contributed by atoms with van der Waals surface area (Å²) in [7, 11) is -3.79. The standard InChI is InChI=1S/C22H27N6O8PS2/c1-2-36-37(34,35)10-6-9-14(39-22-24-26-27-25-22)13-11-38-20-15(19(31)28(20)16(13)21(32)33)23-18(30)17(29)12-7-4-3-5-8-12/h3-5,7-8,14-15,17,20,29H,2,6,9-11H2,1H3,(H,23,30)(H,32,33)(H,34,35)(H,24,25,26,27)/t14?,15-,17?,20+/m1/s1. The third-order valence-electron chi connectivity index (χ3n) is 6.06. The molecule has 39 heavy (non-hydrogen) atoms. The van der Waals surface area contributed by atoms with E-state index in [0.29, 0.717) is 11.1 Å². The zero-order valence-electron chi connectivity index (χ0n) is 20.7. The molecule has 1 aromatic heterocycles. The van der Waals surface area contributed by atoms with Gasteiger partial charge in [0.1, 0.15) is 17.1 Å². The van der Waals surface area contributed by atoms with Crippen molar-refractivity contribution in [2.24, 2.45) is 0 Å². The van der Waals surface area contributed by atoms with Crippen LogP contribution in [0, 0.1) is 0 Å². The molecule has 1 aromatic carbocycles. The van der Waals surface area contributed by atoms with Gasteiger partial charge in [0.2, 0.25) is 5.16 Å². The van der Waals surface area contributed by atoms with Crippen LogP contribution < -0.4 is 5.32 Å². The highest BCUT2D eigenvalue weighted by molar-refractivity contribution is 8.01. The van der Waals surface area contributed by atoms with Gasteiger partial charge in [0.15, 0.2) is 6.10 Å². The number of aliphatic hydroxyl groups excluding tert-OH is 1. The number of carbonyl (C=O) groups excluding carboxylic acids is 2. The quantitative estimate of drug-likeness (QED) is 0.125. The minimum Gasteiger partial charge on any atom is -0.477 e. The normalized spacial score (nSPS) is 21.9. The lowest BCUT2D eigenvalue weighted by atomic mass is 9.99. The number of fused-ring (bicyclic) bond motifs is 1. The number of aliphatic hydroxyl groups is 1. The summed E-state index contributed by atoms with van der Waals surface area (Å²) in [5.74, 6) is -2.49. The molecule has 2 aliphatic rings. The number of H-pyrrole nitrogens is 1. The topological polar surface area (TPSA) is 208 Å². The highest BCUT2D eigenvalue weighted by Crippen LogP contribution is 2.46. The number of carboxylic acid groups (broad SMARTS) is 1. The molecule has 17 heteroatoms. The summed E-state index contributed by atoms with van der Waals surface area (Å²) >= 11 is 2.40. The van der Waals surface area contributed by atoms with Crippen LogP contribution in [-0.2, 0) is 23.5 Å². The zero-order valence-corrected chi connectivity index (χ0v) is 23.2. The number of benzene rings is 1. The predicted molar refractivity (Wildman–Crippen MR) is 140 cm³/mol. The van der Waals surface area contributed by atoms with Crippen LogP contribution >= 0.6 is 31.1 Å². The maximum Gasteiger partial charge on any atom is 0.352 e. The smallest absolute Gasteiger partial charge is 0.352 e. The van der Waals surface area contributed by atoms with E-state index in [1.54, 1.807) is 37.3 Å². The fourth-order valence-electron chi connectivity index (χ4n) is 4.29. The summed E-state index contributed by atoms with van der Waals surface area (Å²) in [6.07, 6.45) is -1.10. The minimum atomic E-state index is -3.79. The van der Waals surface area contributed by atoms with E-state index in [9.17, 15) is 34.1 Å². The number of carbonyl (C=O) groups is 3. The second-order valence-corrected chi connectivity index (χ2v) is 12.9. The number of amides is 2. The number of aromatic amines is 1. The number of thioether (sulfide) groups is 2. The van der Waals surface area contributed by atoms with Crippen molar-refractivity contribution in [3.05, 3.63) is 47.2 Å². The van der Waals surface area contributed by atoms with Gasteiger partial charge in [-0.3, -0.25) is 19.1 Å². The third kappa shape index (κ3) is 6.70. The fraction of sp³-hybridized carbons (Fsp3) is 0.455. The van der Waals surface area contributed by atoms with Crippen molar-refractivity contribution in [1.29, 1.82) is 0 Å². The van der Waals surface area contributed by atoms with Gasteiger partial charge < -0.3 is 24.9 Å². The average Bonchev–Trinajstić information content (AvgIpc) is 3.43. The van der Waals surface area contributed by atoms with Crippen molar-refractivity contribution in [2.75, 3.05) is 18.5 Å². The van der Waals surface area contributed by atoms with Crippen LogP contribution in [-0.4, -0.2) is 93.6 Å². The van der Waals surface area contributed by atoms with E-state index in [-0.39, 0.29) is 42.2 Å². The first-order chi connectivity index (χ1) is 18.6. The van der Waals surface area contributed by atoms with E-state index >= 15 is 0 Å². The average molecular weight is 599 g/mol. The molecule has 0 spiro atoms. The summed E-state index contributed by atoms with van der Waals surface area (Å²) in [5, 5.41) is 35.7. The Morgan fingerprint density at radius 1 is 1.36 bits per heavy atom. The number of nitrogens with one attached hydrogen (secondary N) is 2. The van der Waals surface area contributed by atoms with Crippen LogP contribution in [0.1, 0.15) is 31.4 Å². The molecule has 3 unspecified atom stereocenters. The molecule has 2 aliphatic heterocycles. The maximum atomic E-state index is 13.1. The Labute approximate surface area is 231 Å². The number of aromatic nitrogens is 4. The van der Waals surface area contributed by atoms with Crippen molar-refractivity contribution in [3.63, 3.8) is 0 Å². The van der Waals surface area contributed by atoms with Gasteiger partial charge in [-0.2, -0.15) is 5.21 Å². The Hall–Kier alpha value is -2.75. The van der Waals surface area contributed by atoms with E-state index < -0.39 is 48.1 Å². The number of rotatable bonds is 13. The van der Waals surface area contributed by atoms with Crippen molar-refractivity contribution >= 4 is 48.9 Å². The second-order valence-electron chi connectivity index (χ2n) is 8.61. The summed E-state index contributed by atoms with van der Waals surface area (Å²) in [4.78, 5) is 49.2. The van der Waals surface area contributed by atoms with Crippen molar-refractivity contribution < 1.29 is 38.6 Å². The van der Waals surface area contributed by atoms with E-state index in [1.165, 1.54) is 11.8 Å². The number of aliphatic carboxylic acids is 1. The first-order valence-corrected chi connectivity index (χ1v) is 15.6. The van der Waals surface area contributed by atoms with E-state index in [4.69, 9.17) is 4.52 Å². The first-order valence-electron chi connectivity index (χ1n) is 11.9. The number of tetrazole rings is 1. The Morgan fingerprint density at radius 2 is 2.10 bits per heavy atom. The zero-order chi connectivity index (χ0) is 28.2. The van der Waals surface area contributed by atoms with Gasteiger partial charge >= 0.3 is 13.6 Å². The second kappa shape index (κ2) is 12.6. The number of carboxylic acids is 1. The molecular weight excluding hydrogens is 571 g/mol. The maximum absolute atomic E-state index is 13.1. The van der Waals surface area contributed by atoms with Crippen LogP contribution in [0.4, 0.5) is 0 Å². The Morgan fingerprint density at radius 3 is 2.74 bits per heavy atom. The molecule has 0 saturated carbocycles. The lowest BCUT2D eigenvalue weighted by Gasteiger charge is -2.50. The number of hydrogen-bond donors (Lipinski definition) is 5. The van der Waals surface area contributed by atoms with Gasteiger partial charge in [-0.15, -0.1) is 22.0 Å². The van der Waals surface area contributed by atoms with Gasteiger partial charge in [-0.05, 0) is 36.1 Å². The van der Waals surface area contributed by atoms with Gasteiger partial charge in [0.05, 0.1) is 12.8 Å². The highest BCUT2D eigenvalue weighted by Gasteiger charge is 2.55. The molecule has 1 saturated heterocycles. The van der Waals surface area contributed by atoms with E-state index in [1.807, 2.05) is 0 Å². The van der Waals surface area contributed by atoms with Gasteiger partial charge in [-0.1, -0.05) is 42.1 Å². The Kier molecular flexibility index (Phi) is 9.46. The molecule has 14 nitrogen and oxygen atoms in total. The lowest BCUT2D eigenvalue weighted by molar-refractivity contribution is -0.151. The summed E-state index contributed by atoms with van der Waals surface area (Å²) < 4.78 is 17.1. The molecule has 5 N–H and O–H groups in total. The van der Waals surface area contributed by atoms with Crippen LogP contribution in [0.15, 0.2) is 46.8 Å². The molecule has 3 heterocycles. The van der Waals surface area contributed by atoms with Crippen LogP contribution in [0.3, 0.4) is 0 Å². The first kappa shape index (κ1) is 29.2. The summed E-state index contributed by atoms with van der Waals surface area (Å²) in [5.41, 5.74) is 0.572. The van der Waals surface area contributed by atoms with Crippen LogP contribution in [0.5, 0.6) is 0 Å². The van der Waals surface area contributed by atoms with Gasteiger partial charge in [-0.25, -0.2) is 4.79 Å². The predicted octanol–water partition coefficient (Wildman–Crippen LogP) is 1.13. The van der Waals surface area contributed by atoms with Gasteiger partial charge in [0, 0.05) is 11.0 Å². The number of nitrogens with zero attached hydrogens (tertiary/aromatic N) is 4. The molecule has 2 amide bonds. The minimum absolute atomic E-state index is 0.0817. The molecule has 0 aliphatic carbocycles. The number of β-lactam (4-membered cyclic amide) rings is 1. The molecule has 4 rings (SSSR count). The molecule has 5 atom stereocenters. The third-order valence-corrected chi connectivity index (χ3v) is 10.1. The Bertz CT molecular complexity index is 1280. The van der Waals surface area contributed by atoms with Crippen LogP contribution in [0.2, 0.25) is 0 Å². The summed E-state index contributed by atoms with van der Waals surface area (Å²) in [6.45, 7) is 1.69. The summed E-state index contributed by atoms with van der Waals surface area (Å²) in [6, 6.07) is 7.23. The molecule has 2 aromatic rings. The van der Waals surface area contributed by atoms with E-state index in [2.05, 4.69) is 25.9 Å². The van der Waals surface area contributed by atoms with Gasteiger partial charge in [0.25, 0.3) is 11.8 Å². The van der Waals surface area contributed by atoms with E-state index in [0.717, 1.165) is 16.7 Å². The highest BCUT2D eigenvalue weighted by atomic mass is 32.2. The SMILES string of the molecule is CCOP(=O)(O)CCCC(Sc1nn[nH]n1)C1=C(C(=O)O)N2C(=O)[C@@H](NC(=O)C(O)c3ccccc3)[C@@H]2SC1. The molecular formula is C22H27N6O8PS2. The monoisotopic (exact) mass is 598 g/mol. The van der Waals surface area contributed by atoms with Crippen LogP contribution in [0.25, 0.3) is 0 Å². The fourth-order valence-corrected chi connectivity index (χ4v) is 7.99. The van der Waals surface area contributed by atoms with Crippen molar-refractivity contribution in [1.82, 2.24) is 30.8 Å². The molecule has 1 fully saturated rings. The molecule has 210 valence electrons. The molecule has 0 bridgehead atoms. The Balaban J connectivity index is 1.52. The van der Waals surface area contributed by atoms with Crippen molar-refractivity contribution in [3.8, 4) is 0 Å². The molecule has 0 radical (unpaired) electrons. The number of hydrogen-bond acceptors (Lipinski definition) is 11. The van der Waals surface area contributed by atoms with Crippen molar-refractivity contribution in [2.45, 2.75) is 47.7 Å². The lowest BCUT2D eigenvalue weighted by Crippen LogP contribution is -2.71.